The summed E-state index contributed by atoms with van der Waals surface area (Å²) in [5.74, 6) is 0.763. The van der Waals surface area contributed by atoms with Crippen LogP contribution in [0, 0.1) is 0 Å². The average molecular weight is 468 g/mol. The number of benzene rings is 1. The van der Waals surface area contributed by atoms with Crippen LogP contribution in [0.4, 0.5) is 0 Å². The Bertz CT molecular complexity index is 1140. The third-order valence-electron chi connectivity index (χ3n) is 5.29. The summed E-state index contributed by atoms with van der Waals surface area (Å²) in [5.41, 5.74) is 2.63. The number of furan rings is 1. The van der Waals surface area contributed by atoms with Crippen LogP contribution in [-0.4, -0.2) is 35.7 Å². The molecule has 1 aromatic heterocycles. The monoisotopic (exact) mass is 467 g/mol. The molecule has 0 aliphatic carbocycles. The van der Waals surface area contributed by atoms with E-state index in [0.29, 0.717) is 34.5 Å². The number of carbonyl (C=O) groups excluding carboxylic acids is 2. The highest BCUT2D eigenvalue weighted by atomic mass is 32.2. The second-order valence-electron chi connectivity index (χ2n) is 7.42. The Morgan fingerprint density at radius 1 is 1.27 bits per heavy atom. The Morgan fingerprint density at radius 3 is 2.85 bits per heavy atom. The molecule has 2 aliphatic heterocycles. The fourth-order valence-corrected chi connectivity index (χ4v) is 4.76. The number of ether oxygens (including phenoxy) is 2. The standard InChI is InChI=1S/C24H25N3O5S/c1-4-31-23(29)21-15(2)26-24-27(22(21)16-7-5-8-18(11-16)30-3)17(14-33-24)12-20(28)25-13-19-9-6-10-32-19/h5-11,14,22H,4,12-13H2,1-3H3,(H,25,28)/t22-/m0/s1. The zero-order chi connectivity index (χ0) is 23.4. The number of allylic oxidation sites excluding steroid dienone is 1. The van der Waals surface area contributed by atoms with Gasteiger partial charge in [0, 0.05) is 5.70 Å². The van der Waals surface area contributed by atoms with Crippen molar-refractivity contribution < 1.29 is 23.5 Å². The molecule has 4 rings (SSSR count). The van der Waals surface area contributed by atoms with Gasteiger partial charge in [-0.1, -0.05) is 23.9 Å². The van der Waals surface area contributed by atoms with Crippen LogP contribution in [0.15, 0.2) is 74.4 Å². The van der Waals surface area contributed by atoms with Crippen molar-refractivity contribution in [1.82, 2.24) is 10.2 Å². The van der Waals surface area contributed by atoms with Gasteiger partial charge in [0.05, 0.1) is 50.3 Å². The van der Waals surface area contributed by atoms with E-state index in [0.717, 1.165) is 11.3 Å². The van der Waals surface area contributed by atoms with Crippen LogP contribution < -0.4 is 10.1 Å². The van der Waals surface area contributed by atoms with Crippen LogP contribution in [0.1, 0.15) is 37.6 Å². The number of amidine groups is 1. The van der Waals surface area contributed by atoms with Crippen molar-refractivity contribution in [2.45, 2.75) is 32.9 Å². The zero-order valence-corrected chi connectivity index (χ0v) is 19.5. The summed E-state index contributed by atoms with van der Waals surface area (Å²) in [4.78, 5) is 32.3. The summed E-state index contributed by atoms with van der Waals surface area (Å²) in [6, 6.07) is 10.6. The quantitative estimate of drug-likeness (QED) is 0.584. The molecule has 33 heavy (non-hydrogen) atoms. The molecule has 172 valence electrons. The summed E-state index contributed by atoms with van der Waals surface area (Å²) in [6.45, 7) is 4.13. The fraction of sp³-hybridized carbons (Fsp3) is 0.292. The molecule has 1 N–H and O–H groups in total. The van der Waals surface area contributed by atoms with Crippen LogP contribution in [0.2, 0.25) is 0 Å². The first-order chi connectivity index (χ1) is 16.0. The van der Waals surface area contributed by atoms with Gasteiger partial charge in [0.2, 0.25) is 5.91 Å². The number of fused-ring (bicyclic) bond motifs is 1. The van der Waals surface area contributed by atoms with Crippen molar-refractivity contribution in [3.63, 3.8) is 0 Å². The summed E-state index contributed by atoms with van der Waals surface area (Å²) < 4.78 is 16.1. The Labute approximate surface area is 196 Å². The maximum absolute atomic E-state index is 13.0. The molecule has 0 saturated heterocycles. The SMILES string of the molecule is CCOC(=O)C1=C(C)N=C2SC=C(CC(=O)NCc3ccco3)N2[C@H]1c1cccc(OC)c1. The predicted octanol–water partition coefficient (Wildman–Crippen LogP) is 4.13. The third kappa shape index (κ3) is 4.83. The minimum absolute atomic E-state index is 0.127. The van der Waals surface area contributed by atoms with Gasteiger partial charge >= 0.3 is 5.97 Å². The van der Waals surface area contributed by atoms with Crippen LogP contribution in [0.3, 0.4) is 0 Å². The van der Waals surface area contributed by atoms with Crippen LogP contribution >= 0.6 is 11.8 Å². The topological polar surface area (TPSA) is 93.4 Å². The molecule has 1 aromatic carbocycles. The molecule has 8 nitrogen and oxygen atoms in total. The lowest BCUT2D eigenvalue weighted by Crippen LogP contribution is -2.38. The van der Waals surface area contributed by atoms with Gasteiger partial charge in [-0.15, -0.1) is 0 Å². The number of thioether (sulfide) groups is 1. The number of nitrogens with one attached hydrogen (secondary N) is 1. The molecule has 1 atom stereocenters. The van der Waals surface area contributed by atoms with E-state index in [9.17, 15) is 9.59 Å². The number of hydrogen-bond donors (Lipinski definition) is 1. The largest absolute Gasteiger partial charge is 0.497 e. The van der Waals surface area contributed by atoms with Crippen molar-refractivity contribution in [1.29, 1.82) is 0 Å². The zero-order valence-electron chi connectivity index (χ0n) is 18.7. The first-order valence-electron chi connectivity index (χ1n) is 10.6. The second kappa shape index (κ2) is 9.99. The highest BCUT2D eigenvalue weighted by Crippen LogP contribution is 2.45. The fourth-order valence-electron chi connectivity index (χ4n) is 3.79. The Balaban J connectivity index is 1.64. The Hall–Kier alpha value is -3.46. The molecule has 2 aromatic rings. The summed E-state index contributed by atoms with van der Waals surface area (Å²) in [6.07, 6.45) is 1.70. The molecule has 0 saturated carbocycles. The van der Waals surface area contributed by atoms with Gasteiger partial charge in [0.25, 0.3) is 0 Å². The summed E-state index contributed by atoms with van der Waals surface area (Å²) in [5, 5.41) is 5.48. The number of aliphatic imine (C=N–C) groups is 1. The molecule has 0 radical (unpaired) electrons. The van der Waals surface area contributed by atoms with Crippen molar-refractivity contribution in [2.24, 2.45) is 4.99 Å². The molecule has 1 amide bonds. The first-order valence-corrected chi connectivity index (χ1v) is 11.4. The second-order valence-corrected chi connectivity index (χ2v) is 8.26. The van der Waals surface area contributed by atoms with Crippen molar-refractivity contribution in [2.75, 3.05) is 13.7 Å². The van der Waals surface area contributed by atoms with E-state index in [1.807, 2.05) is 34.6 Å². The number of rotatable bonds is 8. The lowest BCUT2D eigenvalue weighted by molar-refractivity contribution is -0.139. The molecule has 0 spiro atoms. The van der Waals surface area contributed by atoms with E-state index in [-0.39, 0.29) is 18.9 Å². The number of hydrogen-bond acceptors (Lipinski definition) is 8. The van der Waals surface area contributed by atoms with E-state index in [4.69, 9.17) is 13.9 Å². The molecule has 0 unspecified atom stereocenters. The lowest BCUT2D eigenvalue weighted by Gasteiger charge is -2.36. The van der Waals surface area contributed by atoms with E-state index in [1.54, 1.807) is 39.4 Å². The predicted molar refractivity (Wildman–Crippen MR) is 125 cm³/mol. The van der Waals surface area contributed by atoms with Crippen molar-refractivity contribution in [3.05, 3.63) is 76.4 Å². The highest BCUT2D eigenvalue weighted by Gasteiger charge is 2.41. The normalized spacial score (nSPS) is 17.3. The molecular formula is C24H25N3O5S. The summed E-state index contributed by atoms with van der Waals surface area (Å²) in [7, 11) is 1.60. The maximum atomic E-state index is 13.0. The van der Waals surface area contributed by atoms with Gasteiger partial charge in [0.1, 0.15) is 11.5 Å². The molecular weight excluding hydrogens is 442 g/mol. The number of methoxy groups -OCH3 is 1. The van der Waals surface area contributed by atoms with E-state index >= 15 is 0 Å². The van der Waals surface area contributed by atoms with Crippen molar-refractivity contribution >= 4 is 28.8 Å². The molecule has 0 bridgehead atoms. The van der Waals surface area contributed by atoms with Crippen LogP contribution in [0.25, 0.3) is 0 Å². The van der Waals surface area contributed by atoms with Gasteiger partial charge in [-0.2, -0.15) is 0 Å². The molecule has 0 fully saturated rings. The number of carbonyl (C=O) groups is 2. The number of nitrogens with zero attached hydrogens (tertiary/aromatic N) is 2. The van der Waals surface area contributed by atoms with E-state index in [1.165, 1.54) is 11.8 Å². The molecule has 9 heteroatoms. The Morgan fingerprint density at radius 2 is 2.12 bits per heavy atom. The van der Waals surface area contributed by atoms with Gasteiger partial charge < -0.3 is 24.1 Å². The van der Waals surface area contributed by atoms with Gasteiger partial charge in [0.15, 0.2) is 5.17 Å². The average Bonchev–Trinajstić information content (AvgIpc) is 3.47. The minimum atomic E-state index is -0.495. The minimum Gasteiger partial charge on any atom is -0.497 e. The Kier molecular flexibility index (Phi) is 6.88. The first kappa shape index (κ1) is 22.7. The smallest absolute Gasteiger partial charge is 0.338 e. The lowest BCUT2D eigenvalue weighted by atomic mass is 9.93. The molecule has 2 aliphatic rings. The summed E-state index contributed by atoms with van der Waals surface area (Å²) >= 11 is 1.43. The molecule has 3 heterocycles. The van der Waals surface area contributed by atoms with E-state index in [2.05, 4.69) is 10.3 Å². The van der Waals surface area contributed by atoms with Crippen LogP contribution in [0.5, 0.6) is 5.75 Å². The van der Waals surface area contributed by atoms with Crippen molar-refractivity contribution in [3.8, 4) is 5.75 Å². The van der Waals surface area contributed by atoms with Gasteiger partial charge in [-0.05, 0) is 49.1 Å². The van der Waals surface area contributed by atoms with Gasteiger partial charge in [-0.3, -0.25) is 4.79 Å². The maximum Gasteiger partial charge on any atom is 0.338 e. The third-order valence-corrected chi connectivity index (χ3v) is 6.18. The highest BCUT2D eigenvalue weighted by molar-refractivity contribution is 8.16. The van der Waals surface area contributed by atoms with Crippen LogP contribution in [-0.2, 0) is 20.9 Å². The van der Waals surface area contributed by atoms with Gasteiger partial charge in [-0.25, -0.2) is 9.79 Å². The number of amides is 1. The number of esters is 1. The van der Waals surface area contributed by atoms with E-state index < -0.39 is 12.0 Å².